The number of rotatable bonds is 3. The van der Waals surface area contributed by atoms with Crippen LogP contribution in [0.15, 0.2) is 60.7 Å². The highest BCUT2D eigenvalue weighted by molar-refractivity contribution is 5.94. The van der Waals surface area contributed by atoms with E-state index < -0.39 is 11.3 Å². The van der Waals surface area contributed by atoms with Crippen molar-refractivity contribution in [3.63, 3.8) is 0 Å². The third kappa shape index (κ3) is 2.55. The van der Waals surface area contributed by atoms with Crippen molar-refractivity contribution in [3.8, 4) is 6.07 Å². The Labute approximate surface area is 131 Å². The molecule has 1 saturated carbocycles. The van der Waals surface area contributed by atoms with Crippen molar-refractivity contribution in [1.82, 2.24) is 0 Å². The monoisotopic (exact) mass is 289 g/mol. The molecule has 22 heavy (non-hydrogen) atoms. The molecule has 2 heteroatoms. The molecule has 0 spiro atoms. The number of carbonyl (C=O) groups is 1. The third-order valence-electron chi connectivity index (χ3n) is 4.72. The van der Waals surface area contributed by atoms with E-state index in [9.17, 15) is 10.1 Å². The van der Waals surface area contributed by atoms with Gasteiger partial charge in [0.25, 0.3) is 0 Å². The first-order valence-corrected chi connectivity index (χ1v) is 7.80. The zero-order chi connectivity index (χ0) is 15.4. The number of nitrogens with zero attached hydrogens (tertiary/aromatic N) is 1. The van der Waals surface area contributed by atoms with E-state index in [0.29, 0.717) is 12.8 Å². The molecule has 0 amide bonds. The molecular formula is C20H19NO. The van der Waals surface area contributed by atoms with Gasteiger partial charge in [-0.1, -0.05) is 67.1 Å². The summed E-state index contributed by atoms with van der Waals surface area (Å²) in [6, 6.07) is 22.3. The number of carbonyl (C=O) groups excluding carboxylic acids is 1. The van der Waals surface area contributed by atoms with Crippen LogP contribution in [0.1, 0.15) is 30.4 Å². The summed E-state index contributed by atoms with van der Waals surface area (Å²) < 4.78 is 0. The summed E-state index contributed by atoms with van der Waals surface area (Å²) in [6.45, 7) is 0. The van der Waals surface area contributed by atoms with E-state index in [-0.39, 0.29) is 5.78 Å². The Bertz CT molecular complexity index is 687. The summed E-state index contributed by atoms with van der Waals surface area (Å²) in [6.07, 6.45) is 3.11. The van der Waals surface area contributed by atoms with Gasteiger partial charge >= 0.3 is 0 Å². The number of nitriles is 1. The van der Waals surface area contributed by atoms with Crippen LogP contribution in [-0.4, -0.2) is 5.78 Å². The second kappa shape index (κ2) is 6.15. The molecule has 0 aromatic heterocycles. The quantitative estimate of drug-likeness (QED) is 0.855. The van der Waals surface area contributed by atoms with Crippen LogP contribution in [-0.2, 0) is 16.6 Å². The fraction of sp³-hybridized carbons (Fsp3) is 0.300. The lowest BCUT2D eigenvalue weighted by atomic mass is 9.62. The number of hydrogen-bond acceptors (Lipinski definition) is 2. The molecule has 0 radical (unpaired) electrons. The van der Waals surface area contributed by atoms with Crippen LogP contribution in [0.25, 0.3) is 0 Å². The van der Waals surface area contributed by atoms with Gasteiger partial charge in [0.2, 0.25) is 0 Å². The van der Waals surface area contributed by atoms with Crippen molar-refractivity contribution in [2.75, 3.05) is 0 Å². The lowest BCUT2D eigenvalue weighted by Gasteiger charge is -2.38. The van der Waals surface area contributed by atoms with Gasteiger partial charge in [0.1, 0.15) is 5.92 Å². The molecule has 2 atom stereocenters. The predicted octanol–water partition coefficient (Wildman–Crippen LogP) is 4.06. The largest absolute Gasteiger partial charge is 0.297 e. The van der Waals surface area contributed by atoms with Crippen molar-refractivity contribution in [2.24, 2.45) is 5.92 Å². The lowest BCUT2D eigenvalue weighted by molar-refractivity contribution is -0.129. The highest BCUT2D eigenvalue weighted by atomic mass is 16.1. The van der Waals surface area contributed by atoms with Crippen LogP contribution in [0, 0.1) is 17.2 Å². The van der Waals surface area contributed by atoms with Gasteiger partial charge in [-0.3, -0.25) is 4.79 Å². The number of benzene rings is 2. The maximum absolute atomic E-state index is 13.1. The van der Waals surface area contributed by atoms with Crippen LogP contribution in [0.5, 0.6) is 0 Å². The number of ketones is 1. The van der Waals surface area contributed by atoms with Gasteiger partial charge in [0, 0.05) is 0 Å². The normalized spacial score (nSPS) is 24.7. The molecule has 0 N–H and O–H groups in total. The molecule has 2 aromatic rings. The second-order valence-corrected chi connectivity index (χ2v) is 6.05. The molecule has 3 rings (SSSR count). The summed E-state index contributed by atoms with van der Waals surface area (Å²) in [4.78, 5) is 13.1. The van der Waals surface area contributed by atoms with E-state index in [1.807, 2.05) is 48.5 Å². The third-order valence-corrected chi connectivity index (χ3v) is 4.72. The fourth-order valence-corrected chi connectivity index (χ4v) is 3.58. The molecule has 2 aromatic carbocycles. The van der Waals surface area contributed by atoms with Crippen LogP contribution in [0.4, 0.5) is 0 Å². The van der Waals surface area contributed by atoms with Crippen LogP contribution in [0.2, 0.25) is 0 Å². The van der Waals surface area contributed by atoms with Crippen molar-refractivity contribution in [3.05, 3.63) is 71.8 Å². The number of Topliss-reactive ketones (excluding diaryl/α,β-unsaturated/α-hetero) is 1. The molecule has 0 bridgehead atoms. The molecule has 1 fully saturated rings. The maximum atomic E-state index is 13.1. The molecule has 0 saturated heterocycles. The van der Waals surface area contributed by atoms with Crippen LogP contribution in [0.3, 0.4) is 0 Å². The first-order chi connectivity index (χ1) is 10.8. The maximum Gasteiger partial charge on any atom is 0.160 e. The van der Waals surface area contributed by atoms with Gasteiger partial charge < -0.3 is 0 Å². The summed E-state index contributed by atoms with van der Waals surface area (Å²) in [5.74, 6) is -0.381. The Hall–Kier alpha value is -2.40. The standard InChI is InChI=1S/C20H19NO/c21-15-17-10-7-13-20(19(17)22,18-11-5-2-6-12-18)14-16-8-3-1-4-9-16/h1-6,8-9,11-12,17H,7,10,13-14H2/t17-,20-/m1/s1. The van der Waals surface area contributed by atoms with Gasteiger partial charge in [-0.2, -0.15) is 5.26 Å². The first kappa shape index (κ1) is 14.5. The average Bonchev–Trinajstić information content (AvgIpc) is 2.58. The van der Waals surface area contributed by atoms with E-state index in [0.717, 1.165) is 24.0 Å². The molecular weight excluding hydrogens is 270 g/mol. The van der Waals surface area contributed by atoms with Gasteiger partial charge in [0.15, 0.2) is 5.78 Å². The van der Waals surface area contributed by atoms with Crippen LogP contribution < -0.4 is 0 Å². The zero-order valence-corrected chi connectivity index (χ0v) is 12.5. The average molecular weight is 289 g/mol. The van der Waals surface area contributed by atoms with Crippen LogP contribution >= 0.6 is 0 Å². The van der Waals surface area contributed by atoms with E-state index in [4.69, 9.17) is 0 Å². The first-order valence-electron chi connectivity index (χ1n) is 7.80. The summed E-state index contributed by atoms with van der Waals surface area (Å²) >= 11 is 0. The van der Waals surface area contributed by atoms with E-state index in [2.05, 4.69) is 18.2 Å². The Morgan fingerprint density at radius 3 is 2.32 bits per heavy atom. The molecule has 0 heterocycles. The Morgan fingerprint density at radius 1 is 1.05 bits per heavy atom. The van der Waals surface area contributed by atoms with Gasteiger partial charge in [-0.15, -0.1) is 0 Å². The van der Waals surface area contributed by atoms with Gasteiger partial charge in [-0.25, -0.2) is 0 Å². The summed E-state index contributed by atoms with van der Waals surface area (Å²) in [7, 11) is 0. The molecule has 110 valence electrons. The smallest absolute Gasteiger partial charge is 0.160 e. The predicted molar refractivity (Wildman–Crippen MR) is 86.2 cm³/mol. The van der Waals surface area contributed by atoms with E-state index in [1.165, 1.54) is 0 Å². The Kier molecular flexibility index (Phi) is 4.06. The highest BCUT2D eigenvalue weighted by Gasteiger charge is 2.45. The molecule has 0 unspecified atom stereocenters. The Balaban J connectivity index is 2.06. The van der Waals surface area contributed by atoms with E-state index in [1.54, 1.807) is 0 Å². The minimum absolute atomic E-state index is 0.0938. The summed E-state index contributed by atoms with van der Waals surface area (Å²) in [5.41, 5.74) is 1.64. The molecule has 2 nitrogen and oxygen atoms in total. The fourth-order valence-electron chi connectivity index (χ4n) is 3.58. The topological polar surface area (TPSA) is 40.9 Å². The summed E-state index contributed by atoms with van der Waals surface area (Å²) in [5, 5.41) is 9.34. The van der Waals surface area contributed by atoms with Crippen molar-refractivity contribution in [1.29, 1.82) is 5.26 Å². The zero-order valence-electron chi connectivity index (χ0n) is 12.5. The lowest BCUT2D eigenvalue weighted by Crippen LogP contribution is -2.45. The highest BCUT2D eigenvalue weighted by Crippen LogP contribution is 2.41. The van der Waals surface area contributed by atoms with Crippen molar-refractivity contribution < 1.29 is 4.79 Å². The second-order valence-electron chi connectivity index (χ2n) is 6.05. The minimum Gasteiger partial charge on any atom is -0.297 e. The van der Waals surface area contributed by atoms with Crippen molar-refractivity contribution in [2.45, 2.75) is 31.1 Å². The molecule has 0 aliphatic heterocycles. The molecule has 1 aliphatic carbocycles. The van der Waals surface area contributed by atoms with E-state index >= 15 is 0 Å². The minimum atomic E-state index is -0.554. The van der Waals surface area contributed by atoms with Gasteiger partial charge in [0.05, 0.1) is 11.5 Å². The van der Waals surface area contributed by atoms with Gasteiger partial charge in [-0.05, 0) is 30.4 Å². The molecule has 1 aliphatic rings. The van der Waals surface area contributed by atoms with Crippen molar-refractivity contribution >= 4 is 5.78 Å². The Morgan fingerprint density at radius 2 is 1.68 bits per heavy atom. The number of hydrogen-bond donors (Lipinski definition) is 0. The SMILES string of the molecule is N#C[C@H]1CCC[C@@](Cc2ccccc2)(c2ccccc2)C1=O.